The van der Waals surface area contributed by atoms with Crippen molar-refractivity contribution < 1.29 is 28.6 Å². The van der Waals surface area contributed by atoms with Crippen LogP contribution in [0.1, 0.15) is 51.0 Å². The van der Waals surface area contributed by atoms with Crippen molar-refractivity contribution in [3.05, 3.63) is 40.2 Å². The monoisotopic (exact) mass is 513 g/mol. The van der Waals surface area contributed by atoms with Crippen molar-refractivity contribution in [2.24, 2.45) is 5.92 Å². The average molecular weight is 514 g/mol. The molecule has 3 amide bonds. The molecule has 4 rings (SSSR count). The van der Waals surface area contributed by atoms with Crippen molar-refractivity contribution in [3.8, 4) is 5.75 Å². The molecule has 2 fully saturated rings. The zero-order valence-corrected chi connectivity index (χ0v) is 21.2. The smallest absolute Gasteiger partial charge is 0.336 e. The molecule has 2 aromatic rings. The first-order valence-corrected chi connectivity index (χ1v) is 13.0. The molecule has 10 nitrogen and oxygen atoms in total. The SMILES string of the molecule is CCCc1cc(=O)oc2cc(OCC(=O)NCC(=O)NCC(=O)N3CCC4(O)CCCCC4C3)ccc12. The van der Waals surface area contributed by atoms with Crippen LogP contribution in [0.5, 0.6) is 5.75 Å². The Hall–Kier alpha value is -3.40. The summed E-state index contributed by atoms with van der Waals surface area (Å²) in [6.07, 6.45) is 5.99. The van der Waals surface area contributed by atoms with Crippen LogP contribution in [-0.4, -0.2) is 66.1 Å². The zero-order chi connectivity index (χ0) is 26.4. The molecule has 1 saturated carbocycles. The first kappa shape index (κ1) is 26.7. The number of likely N-dealkylation sites (tertiary alicyclic amines) is 1. The number of benzene rings is 1. The Morgan fingerprint density at radius 2 is 1.95 bits per heavy atom. The quantitative estimate of drug-likeness (QED) is 0.432. The van der Waals surface area contributed by atoms with Gasteiger partial charge in [-0.05, 0) is 43.4 Å². The second-order valence-corrected chi connectivity index (χ2v) is 9.98. The Balaban J connectivity index is 1.18. The highest BCUT2D eigenvalue weighted by molar-refractivity contribution is 5.88. The summed E-state index contributed by atoms with van der Waals surface area (Å²) >= 11 is 0. The number of hydrogen-bond acceptors (Lipinski definition) is 7. The number of carbonyl (C=O) groups excluding carboxylic acids is 3. The molecule has 2 aliphatic rings. The van der Waals surface area contributed by atoms with E-state index in [2.05, 4.69) is 10.6 Å². The van der Waals surface area contributed by atoms with Gasteiger partial charge in [-0.1, -0.05) is 26.2 Å². The number of piperidine rings is 1. The van der Waals surface area contributed by atoms with Gasteiger partial charge < -0.3 is 29.8 Å². The van der Waals surface area contributed by atoms with Crippen molar-refractivity contribution in [2.75, 3.05) is 32.8 Å². The number of hydrogen-bond donors (Lipinski definition) is 3. The van der Waals surface area contributed by atoms with Crippen LogP contribution < -0.4 is 21.0 Å². The third-order valence-corrected chi connectivity index (χ3v) is 7.35. The Kier molecular flexibility index (Phi) is 8.48. The van der Waals surface area contributed by atoms with Crippen LogP contribution in [0.25, 0.3) is 11.0 Å². The first-order chi connectivity index (χ1) is 17.8. The Bertz CT molecular complexity index is 1210. The summed E-state index contributed by atoms with van der Waals surface area (Å²) in [6.45, 7) is 2.25. The van der Waals surface area contributed by atoms with Crippen LogP contribution in [0.2, 0.25) is 0 Å². The van der Waals surface area contributed by atoms with Crippen LogP contribution >= 0.6 is 0 Å². The fourth-order valence-electron chi connectivity index (χ4n) is 5.30. The predicted octanol–water partition coefficient (Wildman–Crippen LogP) is 1.51. The topological polar surface area (TPSA) is 138 Å². The molecule has 1 aliphatic heterocycles. The summed E-state index contributed by atoms with van der Waals surface area (Å²) in [7, 11) is 0. The lowest BCUT2D eigenvalue weighted by molar-refractivity contribution is -0.143. The first-order valence-electron chi connectivity index (χ1n) is 13.0. The van der Waals surface area contributed by atoms with E-state index in [1.165, 1.54) is 6.07 Å². The summed E-state index contributed by atoms with van der Waals surface area (Å²) in [5, 5.41) is 16.6. The highest BCUT2D eigenvalue weighted by atomic mass is 16.5. The molecule has 2 unspecified atom stereocenters. The van der Waals surface area contributed by atoms with Gasteiger partial charge in [0.25, 0.3) is 5.91 Å². The van der Waals surface area contributed by atoms with Gasteiger partial charge in [0, 0.05) is 36.5 Å². The van der Waals surface area contributed by atoms with E-state index >= 15 is 0 Å². The van der Waals surface area contributed by atoms with E-state index < -0.39 is 23.0 Å². The molecular weight excluding hydrogens is 478 g/mol. The molecule has 1 aliphatic carbocycles. The van der Waals surface area contributed by atoms with Gasteiger partial charge in [-0.3, -0.25) is 14.4 Å². The number of aryl methyl sites for hydroxylation is 1. The number of aliphatic hydroxyl groups is 1. The standard InChI is InChI=1S/C27H35N3O7/c1-2-5-18-12-26(34)37-22-13-20(7-8-21(18)22)36-17-24(32)28-14-23(31)29-15-25(33)30-11-10-27(35)9-4-3-6-19(27)16-30/h7-8,12-13,19,35H,2-6,9-11,14-17H2,1H3,(H,28,32)(H,29,31). The molecule has 1 aromatic carbocycles. The average Bonchev–Trinajstić information content (AvgIpc) is 2.88. The van der Waals surface area contributed by atoms with E-state index in [-0.39, 0.29) is 31.5 Å². The maximum atomic E-state index is 12.5. The lowest BCUT2D eigenvalue weighted by Crippen LogP contribution is -2.56. The molecule has 0 radical (unpaired) electrons. The second-order valence-electron chi connectivity index (χ2n) is 9.98. The summed E-state index contributed by atoms with van der Waals surface area (Å²) in [6, 6.07) is 6.54. The number of rotatable bonds is 9. The molecule has 10 heteroatoms. The number of nitrogens with one attached hydrogen (secondary N) is 2. The van der Waals surface area contributed by atoms with Crippen LogP contribution in [0.15, 0.2) is 33.5 Å². The predicted molar refractivity (Wildman–Crippen MR) is 136 cm³/mol. The lowest BCUT2D eigenvalue weighted by Gasteiger charge is -2.47. The van der Waals surface area contributed by atoms with Gasteiger partial charge in [-0.25, -0.2) is 4.79 Å². The number of nitrogens with zero attached hydrogens (tertiary/aromatic N) is 1. The molecule has 0 bridgehead atoms. The minimum absolute atomic E-state index is 0.0889. The Morgan fingerprint density at radius 3 is 2.76 bits per heavy atom. The van der Waals surface area contributed by atoms with Gasteiger partial charge in [0.05, 0.1) is 18.7 Å². The van der Waals surface area contributed by atoms with Crippen LogP contribution in [-0.2, 0) is 20.8 Å². The van der Waals surface area contributed by atoms with Crippen molar-refractivity contribution in [3.63, 3.8) is 0 Å². The second kappa shape index (κ2) is 11.8. The highest BCUT2D eigenvalue weighted by Crippen LogP contribution is 2.39. The van der Waals surface area contributed by atoms with Crippen LogP contribution in [0.3, 0.4) is 0 Å². The molecule has 1 aromatic heterocycles. The number of ether oxygens (including phenoxy) is 1. The van der Waals surface area contributed by atoms with Gasteiger partial charge >= 0.3 is 5.63 Å². The number of fused-ring (bicyclic) bond motifs is 2. The zero-order valence-electron chi connectivity index (χ0n) is 21.2. The van der Waals surface area contributed by atoms with E-state index in [4.69, 9.17) is 9.15 Å². The minimum atomic E-state index is -0.663. The Labute approximate surface area is 215 Å². The van der Waals surface area contributed by atoms with Crippen molar-refractivity contribution >= 4 is 28.7 Å². The van der Waals surface area contributed by atoms with Gasteiger partial charge in [-0.2, -0.15) is 0 Å². The summed E-state index contributed by atoms with van der Waals surface area (Å²) < 4.78 is 10.8. The molecule has 37 heavy (non-hydrogen) atoms. The summed E-state index contributed by atoms with van der Waals surface area (Å²) in [4.78, 5) is 50.3. The van der Waals surface area contributed by atoms with Gasteiger partial charge in [-0.15, -0.1) is 0 Å². The fraction of sp³-hybridized carbons (Fsp3) is 0.556. The third-order valence-electron chi connectivity index (χ3n) is 7.35. The van der Waals surface area contributed by atoms with Gasteiger partial charge in [0.15, 0.2) is 6.61 Å². The molecule has 2 heterocycles. The molecule has 200 valence electrons. The highest BCUT2D eigenvalue weighted by Gasteiger charge is 2.43. The van der Waals surface area contributed by atoms with Crippen molar-refractivity contribution in [1.29, 1.82) is 0 Å². The summed E-state index contributed by atoms with van der Waals surface area (Å²) in [5.41, 5.74) is 0.188. The largest absolute Gasteiger partial charge is 0.484 e. The van der Waals surface area contributed by atoms with E-state index in [1.807, 2.05) is 6.92 Å². The maximum absolute atomic E-state index is 12.5. The lowest BCUT2D eigenvalue weighted by atomic mass is 9.71. The van der Waals surface area contributed by atoms with Gasteiger partial charge in [0.2, 0.25) is 11.8 Å². The van der Waals surface area contributed by atoms with E-state index in [9.17, 15) is 24.3 Å². The third kappa shape index (κ3) is 6.68. The van der Waals surface area contributed by atoms with Gasteiger partial charge in [0.1, 0.15) is 11.3 Å². The minimum Gasteiger partial charge on any atom is -0.484 e. The molecular formula is C27H35N3O7. The van der Waals surface area contributed by atoms with Crippen molar-refractivity contribution in [2.45, 2.75) is 57.5 Å². The number of carbonyl (C=O) groups is 3. The summed E-state index contributed by atoms with van der Waals surface area (Å²) in [5.74, 6) is -0.730. The molecule has 3 N–H and O–H groups in total. The van der Waals surface area contributed by atoms with E-state index in [0.717, 1.165) is 49.5 Å². The maximum Gasteiger partial charge on any atom is 0.336 e. The molecule has 0 spiro atoms. The van der Waals surface area contributed by atoms with E-state index in [1.54, 1.807) is 23.1 Å². The normalized spacial score (nSPS) is 21.2. The molecule has 2 atom stereocenters. The van der Waals surface area contributed by atoms with Crippen LogP contribution in [0, 0.1) is 5.92 Å². The Morgan fingerprint density at radius 1 is 1.14 bits per heavy atom. The van der Waals surface area contributed by atoms with E-state index in [0.29, 0.717) is 30.8 Å². The fourth-order valence-corrected chi connectivity index (χ4v) is 5.30. The van der Waals surface area contributed by atoms with Crippen LogP contribution in [0.4, 0.5) is 0 Å². The van der Waals surface area contributed by atoms with Crippen molar-refractivity contribution in [1.82, 2.24) is 15.5 Å². The molecule has 1 saturated heterocycles. The number of amides is 3.